The van der Waals surface area contributed by atoms with E-state index in [1.54, 1.807) is 13.0 Å². The Hall–Kier alpha value is -1.94. The maximum atomic E-state index is 15.0. The lowest BCUT2D eigenvalue weighted by Crippen LogP contribution is -2.15. The molecule has 27 heavy (non-hydrogen) atoms. The highest BCUT2D eigenvalue weighted by atomic mass is 19.1. The number of nitrogens with one attached hydrogen (secondary N) is 1. The highest BCUT2D eigenvalue weighted by Crippen LogP contribution is 2.30. The van der Waals surface area contributed by atoms with Gasteiger partial charge < -0.3 is 10.4 Å². The van der Waals surface area contributed by atoms with E-state index in [4.69, 9.17) is 5.11 Å². The number of rotatable bonds is 12. The fourth-order valence-corrected chi connectivity index (χ4v) is 3.21. The highest BCUT2D eigenvalue weighted by Gasteiger charge is 2.20. The van der Waals surface area contributed by atoms with Gasteiger partial charge in [-0.2, -0.15) is 0 Å². The van der Waals surface area contributed by atoms with Crippen LogP contribution in [0, 0.1) is 6.92 Å². The minimum absolute atomic E-state index is 0.211. The van der Waals surface area contributed by atoms with Gasteiger partial charge in [0.25, 0.3) is 0 Å². The van der Waals surface area contributed by atoms with Crippen LogP contribution in [0.25, 0.3) is 0 Å². The van der Waals surface area contributed by atoms with Crippen molar-refractivity contribution < 1.29 is 14.3 Å². The number of hydrogen-bond donors (Lipinski definition) is 2. The van der Waals surface area contributed by atoms with E-state index in [9.17, 15) is 9.18 Å². The molecule has 1 aromatic rings. The van der Waals surface area contributed by atoms with Crippen LogP contribution >= 0.6 is 0 Å². The third kappa shape index (κ3) is 8.53. The molecule has 0 aliphatic heterocycles. The van der Waals surface area contributed by atoms with E-state index in [1.807, 2.05) is 6.07 Å². The molecule has 0 radical (unpaired) electrons. The van der Waals surface area contributed by atoms with Gasteiger partial charge >= 0.3 is 5.97 Å². The Morgan fingerprint density at radius 3 is 2.70 bits per heavy atom. The van der Waals surface area contributed by atoms with Crippen molar-refractivity contribution in [2.75, 3.05) is 13.1 Å². The van der Waals surface area contributed by atoms with Crippen molar-refractivity contribution in [2.45, 2.75) is 65.5 Å². The Labute approximate surface area is 163 Å². The SMILES string of the molecule is CCCC(c1ccc(C)c(CCCNCC)c1)C(F)/C=C/C(C)=C/C(=O)O. The fourth-order valence-electron chi connectivity index (χ4n) is 3.21. The second-order valence-corrected chi connectivity index (χ2v) is 7.07. The molecule has 0 fully saturated rings. The normalized spacial score (nSPS) is 14.5. The van der Waals surface area contributed by atoms with Gasteiger partial charge in [-0.1, -0.05) is 44.5 Å². The van der Waals surface area contributed by atoms with E-state index in [2.05, 4.69) is 38.2 Å². The van der Waals surface area contributed by atoms with E-state index >= 15 is 0 Å². The average Bonchev–Trinajstić information content (AvgIpc) is 2.62. The van der Waals surface area contributed by atoms with Gasteiger partial charge in [-0.15, -0.1) is 0 Å². The number of carboxylic acids is 1. The van der Waals surface area contributed by atoms with Crippen LogP contribution in [0.5, 0.6) is 0 Å². The minimum Gasteiger partial charge on any atom is -0.478 e. The molecule has 150 valence electrons. The summed E-state index contributed by atoms with van der Waals surface area (Å²) in [7, 11) is 0. The first-order valence-electron chi connectivity index (χ1n) is 9.92. The second kappa shape index (κ2) is 12.4. The highest BCUT2D eigenvalue weighted by molar-refractivity contribution is 5.81. The summed E-state index contributed by atoms with van der Waals surface area (Å²) in [6.45, 7) is 9.90. The van der Waals surface area contributed by atoms with Gasteiger partial charge in [-0.3, -0.25) is 0 Å². The molecule has 2 N–H and O–H groups in total. The van der Waals surface area contributed by atoms with Crippen LogP contribution in [0.2, 0.25) is 0 Å². The lowest BCUT2D eigenvalue weighted by Gasteiger charge is -2.20. The largest absolute Gasteiger partial charge is 0.478 e. The molecule has 0 bridgehead atoms. The molecule has 0 spiro atoms. The molecule has 1 aromatic carbocycles. The van der Waals surface area contributed by atoms with Crippen molar-refractivity contribution >= 4 is 5.97 Å². The Bertz CT molecular complexity index is 652. The monoisotopic (exact) mass is 375 g/mol. The van der Waals surface area contributed by atoms with E-state index in [0.717, 1.165) is 50.4 Å². The topological polar surface area (TPSA) is 49.3 Å². The Morgan fingerprint density at radius 1 is 1.33 bits per heavy atom. The van der Waals surface area contributed by atoms with Crippen LogP contribution in [0.15, 0.2) is 42.0 Å². The molecule has 0 aliphatic rings. The molecule has 0 saturated carbocycles. The lowest BCUT2D eigenvalue weighted by molar-refractivity contribution is -0.131. The predicted molar refractivity (Wildman–Crippen MR) is 111 cm³/mol. The number of alkyl halides is 1. The summed E-state index contributed by atoms with van der Waals surface area (Å²) in [4.78, 5) is 10.7. The fraction of sp³-hybridized carbons (Fsp3) is 0.522. The van der Waals surface area contributed by atoms with Crippen LogP contribution in [-0.2, 0) is 11.2 Å². The van der Waals surface area contributed by atoms with Crippen LogP contribution in [0.4, 0.5) is 4.39 Å². The van der Waals surface area contributed by atoms with Crippen molar-refractivity contribution in [3.8, 4) is 0 Å². The number of carbonyl (C=O) groups is 1. The summed E-state index contributed by atoms with van der Waals surface area (Å²) in [5, 5.41) is 12.1. The van der Waals surface area contributed by atoms with Gasteiger partial charge in [-0.25, -0.2) is 9.18 Å². The maximum Gasteiger partial charge on any atom is 0.328 e. The van der Waals surface area contributed by atoms with Gasteiger partial charge in [0.1, 0.15) is 6.17 Å². The summed E-state index contributed by atoms with van der Waals surface area (Å²) in [5.41, 5.74) is 4.09. The summed E-state index contributed by atoms with van der Waals surface area (Å²) in [6, 6.07) is 6.28. The third-order valence-electron chi connectivity index (χ3n) is 4.73. The molecular formula is C23H34FNO2. The molecular weight excluding hydrogens is 341 g/mol. The van der Waals surface area contributed by atoms with Crippen LogP contribution in [0.1, 0.15) is 62.6 Å². The summed E-state index contributed by atoms with van der Waals surface area (Å²) in [6.07, 6.45) is 6.70. The Morgan fingerprint density at radius 2 is 2.07 bits per heavy atom. The third-order valence-corrected chi connectivity index (χ3v) is 4.73. The first kappa shape index (κ1) is 23.1. The zero-order chi connectivity index (χ0) is 20.2. The van der Waals surface area contributed by atoms with E-state index in [0.29, 0.717) is 5.57 Å². The lowest BCUT2D eigenvalue weighted by atomic mass is 9.87. The summed E-state index contributed by atoms with van der Waals surface area (Å²) in [5.74, 6) is -1.23. The molecule has 0 saturated heterocycles. The quantitative estimate of drug-likeness (QED) is 0.294. The molecule has 1 rings (SSSR count). The summed E-state index contributed by atoms with van der Waals surface area (Å²) < 4.78 is 15.0. The smallest absolute Gasteiger partial charge is 0.328 e. The van der Waals surface area contributed by atoms with Crippen LogP contribution < -0.4 is 5.32 Å². The maximum absolute atomic E-state index is 15.0. The molecule has 0 aliphatic carbocycles. The molecule has 0 amide bonds. The van der Waals surface area contributed by atoms with Crippen molar-refractivity contribution in [1.29, 1.82) is 0 Å². The average molecular weight is 376 g/mol. The molecule has 3 nitrogen and oxygen atoms in total. The van der Waals surface area contributed by atoms with Crippen molar-refractivity contribution in [1.82, 2.24) is 5.32 Å². The van der Waals surface area contributed by atoms with Gasteiger partial charge in [-0.05, 0) is 74.5 Å². The number of aryl methyl sites for hydroxylation is 2. The molecule has 0 heterocycles. The predicted octanol–water partition coefficient (Wildman–Crippen LogP) is 5.35. The summed E-state index contributed by atoms with van der Waals surface area (Å²) >= 11 is 0. The van der Waals surface area contributed by atoms with Gasteiger partial charge in [0.15, 0.2) is 0 Å². The van der Waals surface area contributed by atoms with Crippen LogP contribution in [0.3, 0.4) is 0 Å². The minimum atomic E-state index is -1.14. The standard InChI is InChI=1S/C23H34FNO2/c1-5-8-21(22(24)13-10-17(3)15-23(26)27)20-12-11-18(4)19(16-20)9-7-14-25-6-2/h10-13,15-16,21-22,25H,5-9,14H2,1-4H3,(H,26,27)/b13-10+,17-15+. The number of hydrogen-bond acceptors (Lipinski definition) is 2. The van der Waals surface area contributed by atoms with Gasteiger partial charge in [0.05, 0.1) is 0 Å². The zero-order valence-electron chi connectivity index (χ0n) is 17.1. The van der Waals surface area contributed by atoms with Crippen molar-refractivity contribution in [3.63, 3.8) is 0 Å². The first-order chi connectivity index (χ1) is 12.9. The number of carboxylic acid groups (broad SMARTS) is 1. The van der Waals surface area contributed by atoms with E-state index < -0.39 is 12.1 Å². The number of halogens is 1. The number of benzene rings is 1. The molecule has 2 unspecified atom stereocenters. The Balaban J connectivity index is 2.95. The van der Waals surface area contributed by atoms with E-state index in [-0.39, 0.29) is 5.92 Å². The van der Waals surface area contributed by atoms with Crippen LogP contribution in [-0.4, -0.2) is 30.3 Å². The zero-order valence-corrected chi connectivity index (χ0v) is 17.1. The Kier molecular flexibility index (Phi) is 10.6. The molecule has 2 atom stereocenters. The van der Waals surface area contributed by atoms with Gasteiger partial charge in [0, 0.05) is 12.0 Å². The van der Waals surface area contributed by atoms with E-state index in [1.165, 1.54) is 17.2 Å². The molecule has 4 heteroatoms. The second-order valence-electron chi connectivity index (χ2n) is 7.07. The van der Waals surface area contributed by atoms with Gasteiger partial charge in [0.2, 0.25) is 0 Å². The van der Waals surface area contributed by atoms with Crippen molar-refractivity contribution in [2.24, 2.45) is 0 Å². The number of aliphatic carboxylic acids is 1. The van der Waals surface area contributed by atoms with Crippen molar-refractivity contribution in [3.05, 3.63) is 58.7 Å². The first-order valence-corrected chi connectivity index (χ1v) is 9.92. The molecule has 0 aromatic heterocycles. The number of allylic oxidation sites excluding steroid dienone is 3.